The number of amides is 1. The first-order valence-corrected chi connectivity index (χ1v) is 6.03. The van der Waals surface area contributed by atoms with Gasteiger partial charge in [0.1, 0.15) is 11.4 Å². The van der Waals surface area contributed by atoms with Crippen molar-refractivity contribution >= 4 is 6.09 Å². The van der Waals surface area contributed by atoms with Gasteiger partial charge in [-0.3, -0.25) is 0 Å². The molecule has 1 rings (SSSR count). The molecule has 0 aliphatic rings. The molecule has 4 heteroatoms. The van der Waals surface area contributed by atoms with Gasteiger partial charge in [-0.25, -0.2) is 4.79 Å². The summed E-state index contributed by atoms with van der Waals surface area (Å²) in [5, 5.41) is 12.1. The molecule has 0 heterocycles. The third kappa shape index (κ3) is 5.82. The number of hydrogen-bond acceptors (Lipinski definition) is 3. The van der Waals surface area contributed by atoms with Crippen molar-refractivity contribution in [2.45, 2.75) is 33.3 Å². The van der Waals surface area contributed by atoms with Crippen molar-refractivity contribution in [3.63, 3.8) is 0 Å². The van der Waals surface area contributed by atoms with Crippen LogP contribution in [0.15, 0.2) is 18.2 Å². The fraction of sp³-hybridized carbons (Fsp3) is 0.400. The predicted octanol–water partition coefficient (Wildman–Crippen LogP) is 2.58. The number of carbonyl (C=O) groups excluding carboxylic acids is 1. The number of aryl methyl sites for hydroxylation is 1. The zero-order chi connectivity index (χ0) is 14.5. The van der Waals surface area contributed by atoms with Crippen molar-refractivity contribution in [1.29, 1.82) is 0 Å². The van der Waals surface area contributed by atoms with Crippen molar-refractivity contribution in [2.24, 2.45) is 0 Å². The standard InChI is InChI=1S/C15H19NO3/c1-11-7-8-12(10-13(11)17)6-5-9-16-14(18)19-15(2,3)4/h7-8,10,17H,9H2,1-4H3,(H,16,18). The third-order valence-corrected chi connectivity index (χ3v) is 2.16. The monoisotopic (exact) mass is 261 g/mol. The van der Waals surface area contributed by atoms with Gasteiger partial charge in [0.05, 0.1) is 6.54 Å². The second-order valence-electron chi connectivity index (χ2n) is 5.16. The Morgan fingerprint density at radius 3 is 2.68 bits per heavy atom. The normalized spacial score (nSPS) is 10.3. The molecule has 0 aromatic heterocycles. The van der Waals surface area contributed by atoms with Crippen LogP contribution in [0.2, 0.25) is 0 Å². The van der Waals surface area contributed by atoms with E-state index in [0.29, 0.717) is 5.56 Å². The first-order valence-electron chi connectivity index (χ1n) is 6.03. The van der Waals surface area contributed by atoms with Gasteiger partial charge in [-0.1, -0.05) is 17.9 Å². The maximum absolute atomic E-state index is 11.3. The Bertz CT molecular complexity index is 518. The van der Waals surface area contributed by atoms with Crippen molar-refractivity contribution < 1.29 is 14.6 Å². The SMILES string of the molecule is Cc1ccc(C#CCNC(=O)OC(C)(C)C)cc1O. The number of nitrogens with one attached hydrogen (secondary N) is 1. The Morgan fingerprint density at radius 1 is 1.42 bits per heavy atom. The highest BCUT2D eigenvalue weighted by Crippen LogP contribution is 2.16. The second kappa shape index (κ2) is 6.14. The van der Waals surface area contributed by atoms with Crippen LogP contribution < -0.4 is 5.32 Å². The van der Waals surface area contributed by atoms with Crippen LogP contribution in [-0.2, 0) is 4.74 Å². The maximum Gasteiger partial charge on any atom is 0.408 e. The molecule has 1 amide bonds. The average molecular weight is 261 g/mol. The zero-order valence-corrected chi connectivity index (χ0v) is 11.7. The molecule has 0 aliphatic carbocycles. The Hall–Kier alpha value is -2.15. The molecule has 0 bridgehead atoms. The minimum Gasteiger partial charge on any atom is -0.508 e. The number of aromatic hydroxyl groups is 1. The molecule has 102 valence electrons. The summed E-state index contributed by atoms with van der Waals surface area (Å²) in [4.78, 5) is 11.3. The Labute approximate surface area is 113 Å². The number of alkyl carbamates (subject to hydrolysis) is 1. The molecule has 2 N–H and O–H groups in total. The average Bonchev–Trinajstić information content (AvgIpc) is 2.27. The third-order valence-electron chi connectivity index (χ3n) is 2.16. The molecule has 1 aromatic carbocycles. The van der Waals surface area contributed by atoms with E-state index in [0.717, 1.165) is 5.56 Å². The molecule has 4 nitrogen and oxygen atoms in total. The predicted molar refractivity (Wildman–Crippen MR) is 74.0 cm³/mol. The summed E-state index contributed by atoms with van der Waals surface area (Å²) < 4.78 is 5.07. The van der Waals surface area contributed by atoms with E-state index in [1.54, 1.807) is 32.9 Å². The molecule has 0 unspecified atom stereocenters. The summed E-state index contributed by atoms with van der Waals surface area (Å²) in [5.74, 6) is 5.86. The minimum atomic E-state index is -0.514. The zero-order valence-electron chi connectivity index (χ0n) is 11.7. The lowest BCUT2D eigenvalue weighted by Gasteiger charge is -2.18. The number of hydrogen-bond donors (Lipinski definition) is 2. The molecule has 0 spiro atoms. The highest BCUT2D eigenvalue weighted by molar-refractivity contribution is 5.68. The maximum atomic E-state index is 11.3. The molecule has 19 heavy (non-hydrogen) atoms. The van der Waals surface area contributed by atoms with E-state index < -0.39 is 11.7 Å². The topological polar surface area (TPSA) is 58.6 Å². The van der Waals surface area contributed by atoms with Crippen LogP contribution in [0.4, 0.5) is 4.79 Å². The summed E-state index contributed by atoms with van der Waals surface area (Å²) >= 11 is 0. The van der Waals surface area contributed by atoms with Gasteiger partial charge in [0.15, 0.2) is 0 Å². The van der Waals surface area contributed by atoms with Crippen LogP contribution in [0.5, 0.6) is 5.75 Å². The van der Waals surface area contributed by atoms with E-state index in [-0.39, 0.29) is 12.3 Å². The number of phenolic OH excluding ortho intramolecular Hbond substituents is 1. The molecule has 0 radical (unpaired) electrons. The summed E-state index contributed by atoms with van der Waals surface area (Å²) in [7, 11) is 0. The van der Waals surface area contributed by atoms with Gasteiger partial charge in [-0.15, -0.1) is 0 Å². The van der Waals surface area contributed by atoms with Crippen LogP contribution in [0.1, 0.15) is 31.9 Å². The highest BCUT2D eigenvalue weighted by Gasteiger charge is 2.14. The van der Waals surface area contributed by atoms with Crippen LogP contribution in [0.25, 0.3) is 0 Å². The van der Waals surface area contributed by atoms with E-state index in [1.165, 1.54) is 0 Å². The fourth-order valence-electron chi connectivity index (χ4n) is 1.26. The van der Waals surface area contributed by atoms with Crippen LogP contribution in [0, 0.1) is 18.8 Å². The summed E-state index contributed by atoms with van der Waals surface area (Å²) in [6, 6.07) is 5.20. The molecule has 0 saturated carbocycles. The Kier molecular flexibility index (Phi) is 4.82. The smallest absolute Gasteiger partial charge is 0.408 e. The van der Waals surface area contributed by atoms with Gasteiger partial charge in [-0.05, 0) is 45.4 Å². The van der Waals surface area contributed by atoms with Crippen molar-refractivity contribution in [3.05, 3.63) is 29.3 Å². The minimum absolute atomic E-state index is 0.198. The number of benzene rings is 1. The quantitative estimate of drug-likeness (QED) is 0.764. The van der Waals surface area contributed by atoms with Crippen molar-refractivity contribution in [1.82, 2.24) is 5.32 Å². The molecule has 0 aliphatic heterocycles. The lowest BCUT2D eigenvalue weighted by molar-refractivity contribution is 0.0535. The van der Waals surface area contributed by atoms with Gasteiger partial charge < -0.3 is 15.2 Å². The molecule has 0 saturated heterocycles. The summed E-state index contributed by atoms with van der Waals surface area (Å²) in [6.45, 7) is 7.41. The van der Waals surface area contributed by atoms with Crippen LogP contribution >= 0.6 is 0 Å². The highest BCUT2D eigenvalue weighted by atomic mass is 16.6. The molecular weight excluding hydrogens is 242 g/mol. The fourth-order valence-corrected chi connectivity index (χ4v) is 1.26. The van der Waals surface area contributed by atoms with Gasteiger partial charge in [0.2, 0.25) is 0 Å². The van der Waals surface area contributed by atoms with E-state index in [4.69, 9.17) is 4.74 Å². The van der Waals surface area contributed by atoms with Gasteiger partial charge >= 0.3 is 6.09 Å². The molecule has 0 fully saturated rings. The van der Waals surface area contributed by atoms with E-state index in [2.05, 4.69) is 17.2 Å². The molecular formula is C15H19NO3. The Morgan fingerprint density at radius 2 is 2.11 bits per heavy atom. The number of phenols is 1. The first kappa shape index (κ1) is 14.9. The van der Waals surface area contributed by atoms with E-state index in [1.807, 2.05) is 13.0 Å². The largest absolute Gasteiger partial charge is 0.508 e. The molecule has 0 atom stereocenters. The van der Waals surface area contributed by atoms with Gasteiger partial charge in [0.25, 0.3) is 0 Å². The molecule has 1 aromatic rings. The summed E-state index contributed by atoms with van der Waals surface area (Å²) in [6.07, 6.45) is -0.492. The number of rotatable bonds is 1. The van der Waals surface area contributed by atoms with Crippen LogP contribution in [0.3, 0.4) is 0 Å². The van der Waals surface area contributed by atoms with Crippen molar-refractivity contribution in [2.75, 3.05) is 6.54 Å². The summed E-state index contributed by atoms with van der Waals surface area (Å²) in [5.41, 5.74) is 0.992. The van der Waals surface area contributed by atoms with Crippen LogP contribution in [-0.4, -0.2) is 23.3 Å². The lowest BCUT2D eigenvalue weighted by atomic mass is 10.1. The first-order chi connectivity index (χ1) is 8.78. The van der Waals surface area contributed by atoms with Gasteiger partial charge in [-0.2, -0.15) is 0 Å². The van der Waals surface area contributed by atoms with Crippen molar-refractivity contribution in [3.8, 4) is 17.6 Å². The second-order valence-corrected chi connectivity index (χ2v) is 5.16. The number of ether oxygens (including phenoxy) is 1. The van der Waals surface area contributed by atoms with E-state index >= 15 is 0 Å². The van der Waals surface area contributed by atoms with Gasteiger partial charge in [0, 0.05) is 5.56 Å². The Balaban J connectivity index is 2.47. The lowest BCUT2D eigenvalue weighted by Crippen LogP contribution is -2.32. The van der Waals surface area contributed by atoms with E-state index in [9.17, 15) is 9.90 Å². The number of carbonyl (C=O) groups is 1.